The average molecular weight is 429 g/mol. The summed E-state index contributed by atoms with van der Waals surface area (Å²) >= 11 is 6.07. The van der Waals surface area contributed by atoms with Crippen molar-refractivity contribution in [1.82, 2.24) is 10.2 Å². The lowest BCUT2D eigenvalue weighted by molar-refractivity contribution is 0.0394. The summed E-state index contributed by atoms with van der Waals surface area (Å²) in [5.74, 6) is 0.235. The fourth-order valence-electron chi connectivity index (χ4n) is 3.20. The quantitative estimate of drug-likeness (QED) is 0.561. The first-order valence-electron chi connectivity index (χ1n) is 10.2. The van der Waals surface area contributed by atoms with Crippen LogP contribution in [0.15, 0.2) is 41.4 Å². The number of rotatable bonds is 5. The minimum absolute atomic E-state index is 0.192. The Bertz CT molecular complexity index is 923. The normalized spacial score (nSPS) is 15.1. The molecule has 7 heteroatoms. The number of carbonyl (C=O) groups excluding carboxylic acids is 1. The Kier molecular flexibility index (Phi) is 7.85. The molecule has 0 aromatic heterocycles. The lowest BCUT2D eigenvalue weighted by Gasteiger charge is -2.25. The summed E-state index contributed by atoms with van der Waals surface area (Å²) in [7, 11) is 0. The van der Waals surface area contributed by atoms with Crippen LogP contribution < -0.4 is 10.6 Å². The van der Waals surface area contributed by atoms with Gasteiger partial charge >= 0.3 is 0 Å². The number of anilines is 1. The maximum absolute atomic E-state index is 12.8. The number of amides is 1. The number of nitrogens with one attached hydrogen (secondary N) is 2. The summed E-state index contributed by atoms with van der Waals surface area (Å²) in [4.78, 5) is 19.8. The van der Waals surface area contributed by atoms with Crippen LogP contribution in [0.2, 0.25) is 5.02 Å². The van der Waals surface area contributed by atoms with E-state index >= 15 is 0 Å². The third-order valence-electron chi connectivity index (χ3n) is 5.23. The minimum atomic E-state index is -0.192. The summed E-state index contributed by atoms with van der Waals surface area (Å²) in [6.45, 7) is 10.7. The van der Waals surface area contributed by atoms with Gasteiger partial charge < -0.3 is 10.1 Å². The summed E-state index contributed by atoms with van der Waals surface area (Å²) in [5, 5.41) is 6.86. The van der Waals surface area contributed by atoms with Gasteiger partial charge in [-0.3, -0.25) is 20.0 Å². The van der Waals surface area contributed by atoms with Gasteiger partial charge in [-0.1, -0.05) is 17.7 Å². The first-order chi connectivity index (χ1) is 14.4. The number of halogens is 1. The predicted molar refractivity (Wildman–Crippen MR) is 123 cm³/mol. The topological polar surface area (TPSA) is 66.0 Å². The number of guanidine groups is 1. The van der Waals surface area contributed by atoms with Crippen LogP contribution in [0, 0.1) is 20.8 Å². The molecule has 1 aliphatic rings. The van der Waals surface area contributed by atoms with Crippen LogP contribution in [-0.2, 0) is 4.74 Å². The molecule has 1 aliphatic heterocycles. The van der Waals surface area contributed by atoms with Crippen LogP contribution >= 0.6 is 11.6 Å². The first-order valence-corrected chi connectivity index (χ1v) is 10.6. The van der Waals surface area contributed by atoms with Crippen molar-refractivity contribution >= 4 is 29.2 Å². The molecule has 2 aromatic rings. The van der Waals surface area contributed by atoms with E-state index in [2.05, 4.69) is 20.5 Å². The first kappa shape index (κ1) is 22.3. The van der Waals surface area contributed by atoms with Gasteiger partial charge in [-0.2, -0.15) is 0 Å². The molecule has 30 heavy (non-hydrogen) atoms. The summed E-state index contributed by atoms with van der Waals surface area (Å²) in [6.07, 6.45) is 0. The molecule has 0 unspecified atom stereocenters. The molecule has 0 bridgehead atoms. The molecule has 0 spiro atoms. The van der Waals surface area contributed by atoms with Crippen molar-refractivity contribution in [2.24, 2.45) is 4.99 Å². The highest BCUT2D eigenvalue weighted by atomic mass is 35.5. The molecule has 2 N–H and O–H groups in total. The van der Waals surface area contributed by atoms with Crippen LogP contribution in [-0.4, -0.2) is 56.2 Å². The number of morpholine rings is 1. The summed E-state index contributed by atoms with van der Waals surface area (Å²) in [5.41, 5.74) is 4.66. The molecule has 2 aromatic carbocycles. The van der Waals surface area contributed by atoms with E-state index in [0.717, 1.165) is 55.2 Å². The van der Waals surface area contributed by atoms with E-state index in [1.54, 1.807) is 0 Å². The second-order valence-corrected chi connectivity index (χ2v) is 7.96. The lowest BCUT2D eigenvalue weighted by Crippen LogP contribution is -2.39. The zero-order valence-corrected chi connectivity index (χ0v) is 18.6. The zero-order chi connectivity index (χ0) is 21.5. The monoisotopic (exact) mass is 428 g/mol. The van der Waals surface area contributed by atoms with Crippen molar-refractivity contribution in [3.05, 3.63) is 63.7 Å². The molecular weight excluding hydrogens is 400 g/mol. The van der Waals surface area contributed by atoms with E-state index in [1.165, 1.54) is 0 Å². The van der Waals surface area contributed by atoms with Gasteiger partial charge in [0.15, 0.2) is 0 Å². The van der Waals surface area contributed by atoms with E-state index in [-0.39, 0.29) is 5.91 Å². The van der Waals surface area contributed by atoms with Crippen molar-refractivity contribution < 1.29 is 9.53 Å². The van der Waals surface area contributed by atoms with Crippen molar-refractivity contribution in [3.63, 3.8) is 0 Å². The Morgan fingerprint density at radius 3 is 2.53 bits per heavy atom. The third kappa shape index (κ3) is 6.29. The molecule has 6 nitrogen and oxygen atoms in total. The second kappa shape index (κ2) is 10.6. The Balaban J connectivity index is 1.73. The predicted octanol–water partition coefficient (Wildman–Crippen LogP) is 3.80. The van der Waals surface area contributed by atoms with Gasteiger partial charge in [0.25, 0.3) is 5.91 Å². The van der Waals surface area contributed by atoms with Crippen molar-refractivity contribution in [2.75, 3.05) is 44.7 Å². The van der Waals surface area contributed by atoms with E-state index in [4.69, 9.17) is 16.3 Å². The van der Waals surface area contributed by atoms with E-state index in [1.807, 2.05) is 57.2 Å². The lowest BCUT2D eigenvalue weighted by atomic mass is 10.1. The largest absolute Gasteiger partial charge is 0.379 e. The number of carbonyl (C=O) groups is 1. The van der Waals surface area contributed by atoms with Crippen LogP contribution in [0.3, 0.4) is 0 Å². The van der Waals surface area contributed by atoms with Crippen LogP contribution in [0.5, 0.6) is 0 Å². The molecule has 1 saturated heterocycles. The van der Waals surface area contributed by atoms with Gasteiger partial charge in [0.1, 0.15) is 0 Å². The highest BCUT2D eigenvalue weighted by Gasteiger charge is 2.13. The Labute approximate surface area is 183 Å². The highest BCUT2D eigenvalue weighted by Crippen LogP contribution is 2.19. The molecule has 1 heterocycles. The standard InChI is InChI=1S/C23H29ClN4O2/c1-16-4-5-19(14-17(16)2)22(29)27-23(25-8-9-28-10-12-30-13-11-28)26-21-7-6-20(24)15-18(21)3/h4-7,14-15H,8-13H2,1-3H3,(H2,25,26,27,29). The number of benzene rings is 2. The van der Waals surface area contributed by atoms with E-state index in [9.17, 15) is 4.79 Å². The van der Waals surface area contributed by atoms with Crippen LogP contribution in [0.1, 0.15) is 27.0 Å². The fraction of sp³-hybridized carbons (Fsp3) is 0.391. The molecular formula is C23H29ClN4O2. The van der Waals surface area contributed by atoms with Gasteiger partial charge in [-0.05, 0) is 67.8 Å². The fourth-order valence-corrected chi connectivity index (χ4v) is 3.42. The van der Waals surface area contributed by atoms with Gasteiger partial charge in [0.05, 0.1) is 19.8 Å². The van der Waals surface area contributed by atoms with Crippen LogP contribution in [0.25, 0.3) is 0 Å². The number of hydrogen-bond acceptors (Lipinski definition) is 4. The average Bonchev–Trinajstić information content (AvgIpc) is 2.72. The minimum Gasteiger partial charge on any atom is -0.379 e. The molecule has 0 aliphatic carbocycles. The van der Waals surface area contributed by atoms with Gasteiger partial charge in [-0.15, -0.1) is 0 Å². The maximum atomic E-state index is 12.8. The number of nitrogens with zero attached hydrogens (tertiary/aromatic N) is 2. The smallest absolute Gasteiger partial charge is 0.257 e. The summed E-state index contributed by atoms with van der Waals surface area (Å²) in [6, 6.07) is 11.3. The molecule has 3 rings (SSSR count). The molecule has 160 valence electrons. The van der Waals surface area contributed by atoms with E-state index < -0.39 is 0 Å². The molecule has 1 fully saturated rings. The zero-order valence-electron chi connectivity index (χ0n) is 17.8. The third-order valence-corrected chi connectivity index (χ3v) is 5.47. The number of aryl methyl sites for hydroxylation is 3. The van der Waals surface area contributed by atoms with Crippen LogP contribution in [0.4, 0.5) is 5.69 Å². The molecule has 1 amide bonds. The highest BCUT2D eigenvalue weighted by molar-refractivity contribution is 6.30. The van der Waals surface area contributed by atoms with Gasteiger partial charge in [0, 0.05) is 35.9 Å². The Hall–Kier alpha value is -2.41. The molecule has 0 atom stereocenters. The number of aliphatic imine (C=N–C) groups is 1. The number of hydrogen-bond donors (Lipinski definition) is 2. The number of ether oxygens (including phenoxy) is 1. The van der Waals surface area contributed by atoms with Crippen molar-refractivity contribution in [2.45, 2.75) is 20.8 Å². The SMILES string of the molecule is Cc1ccc(C(=O)NC(=NCCN2CCOCC2)Nc2ccc(Cl)cc2C)cc1C. The van der Waals surface area contributed by atoms with Gasteiger partial charge in [-0.25, -0.2) is 0 Å². The molecule has 0 radical (unpaired) electrons. The summed E-state index contributed by atoms with van der Waals surface area (Å²) < 4.78 is 5.39. The molecule has 0 saturated carbocycles. The second-order valence-electron chi connectivity index (χ2n) is 7.52. The van der Waals surface area contributed by atoms with Crippen molar-refractivity contribution in [3.8, 4) is 0 Å². The van der Waals surface area contributed by atoms with Gasteiger partial charge in [0.2, 0.25) is 5.96 Å². The maximum Gasteiger partial charge on any atom is 0.257 e. The Morgan fingerprint density at radius 2 is 1.83 bits per heavy atom. The van der Waals surface area contributed by atoms with Crippen molar-refractivity contribution in [1.29, 1.82) is 0 Å². The Morgan fingerprint density at radius 1 is 1.07 bits per heavy atom. The van der Waals surface area contributed by atoms with E-state index in [0.29, 0.717) is 23.1 Å².